The predicted octanol–water partition coefficient (Wildman–Crippen LogP) is 3.33. The van der Waals surface area contributed by atoms with Crippen LogP contribution in [0.15, 0.2) is 18.2 Å². The van der Waals surface area contributed by atoms with Crippen LogP contribution in [-0.4, -0.2) is 19.3 Å². The molecule has 1 fully saturated rings. The van der Waals surface area contributed by atoms with Crippen molar-refractivity contribution in [2.45, 2.75) is 45.4 Å². The molecule has 0 radical (unpaired) electrons. The number of halogens is 2. The maximum absolute atomic E-state index is 12.3. The molecule has 1 aliphatic rings. The fourth-order valence-electron chi connectivity index (χ4n) is 2.00. The van der Waals surface area contributed by atoms with Gasteiger partial charge >= 0.3 is 6.61 Å². The summed E-state index contributed by atoms with van der Waals surface area (Å²) in [6.45, 7) is 0.114. The molecule has 0 aliphatic heterocycles. The highest BCUT2D eigenvalue weighted by molar-refractivity contribution is 5.43. The van der Waals surface area contributed by atoms with Crippen LogP contribution in [0.5, 0.6) is 11.5 Å². The Morgan fingerprint density at radius 2 is 2.11 bits per heavy atom. The van der Waals surface area contributed by atoms with Crippen molar-refractivity contribution in [1.82, 2.24) is 5.32 Å². The third-order valence-corrected chi connectivity index (χ3v) is 3.22. The Hall–Kier alpha value is -1.36. The molecule has 0 atom stereocenters. The first-order valence-electron chi connectivity index (χ1n) is 6.63. The minimum Gasteiger partial charge on any atom is -0.490 e. The molecule has 1 aromatic carbocycles. The van der Waals surface area contributed by atoms with Gasteiger partial charge in [-0.25, -0.2) is 0 Å². The molecule has 0 amide bonds. The summed E-state index contributed by atoms with van der Waals surface area (Å²) in [5.74, 6) is 0.458. The molecule has 106 valence electrons. The molecule has 19 heavy (non-hydrogen) atoms. The maximum Gasteiger partial charge on any atom is 0.387 e. The lowest BCUT2D eigenvalue weighted by Gasteiger charge is -2.26. The lowest BCUT2D eigenvalue weighted by atomic mass is 9.93. The molecular formula is C14H19F2NO2. The predicted molar refractivity (Wildman–Crippen MR) is 68.7 cm³/mol. The number of hydrogen-bond acceptors (Lipinski definition) is 3. The van der Waals surface area contributed by atoms with E-state index in [1.165, 1.54) is 25.3 Å². The third kappa shape index (κ3) is 4.06. The van der Waals surface area contributed by atoms with E-state index >= 15 is 0 Å². The van der Waals surface area contributed by atoms with E-state index in [9.17, 15) is 8.78 Å². The second-order valence-electron chi connectivity index (χ2n) is 4.60. The second-order valence-corrected chi connectivity index (χ2v) is 4.60. The largest absolute Gasteiger partial charge is 0.490 e. The van der Waals surface area contributed by atoms with Gasteiger partial charge in [0.15, 0.2) is 11.5 Å². The van der Waals surface area contributed by atoms with Crippen molar-refractivity contribution >= 4 is 0 Å². The summed E-state index contributed by atoms with van der Waals surface area (Å²) in [4.78, 5) is 0. The van der Waals surface area contributed by atoms with Gasteiger partial charge in [-0.1, -0.05) is 12.5 Å². The molecule has 1 saturated carbocycles. The van der Waals surface area contributed by atoms with Gasteiger partial charge in [0.05, 0.1) is 6.61 Å². The molecule has 0 bridgehead atoms. The third-order valence-electron chi connectivity index (χ3n) is 3.22. The van der Waals surface area contributed by atoms with Crippen LogP contribution in [0.1, 0.15) is 31.7 Å². The number of nitrogens with one attached hydrogen (secondary N) is 1. The van der Waals surface area contributed by atoms with E-state index in [1.807, 2.05) is 6.92 Å². The molecule has 1 aromatic rings. The van der Waals surface area contributed by atoms with Crippen LogP contribution in [-0.2, 0) is 6.54 Å². The summed E-state index contributed by atoms with van der Waals surface area (Å²) in [6.07, 6.45) is 3.71. The minimum atomic E-state index is -2.84. The fourth-order valence-corrected chi connectivity index (χ4v) is 2.00. The van der Waals surface area contributed by atoms with E-state index in [2.05, 4.69) is 10.1 Å². The molecule has 1 aliphatic carbocycles. The zero-order valence-corrected chi connectivity index (χ0v) is 11.0. The normalized spacial score (nSPS) is 15.4. The van der Waals surface area contributed by atoms with Gasteiger partial charge in [-0.2, -0.15) is 8.78 Å². The van der Waals surface area contributed by atoms with E-state index in [4.69, 9.17) is 4.74 Å². The van der Waals surface area contributed by atoms with Crippen LogP contribution in [0.4, 0.5) is 8.78 Å². The quantitative estimate of drug-likeness (QED) is 0.825. The zero-order chi connectivity index (χ0) is 13.7. The molecule has 2 rings (SSSR count). The van der Waals surface area contributed by atoms with Crippen LogP contribution in [0.3, 0.4) is 0 Å². The Kier molecular flexibility index (Phi) is 4.96. The molecule has 0 unspecified atom stereocenters. The highest BCUT2D eigenvalue weighted by Gasteiger charge is 2.17. The van der Waals surface area contributed by atoms with Gasteiger partial charge in [-0.15, -0.1) is 0 Å². The monoisotopic (exact) mass is 271 g/mol. The van der Waals surface area contributed by atoms with E-state index in [0.717, 1.165) is 12.1 Å². The highest BCUT2D eigenvalue weighted by atomic mass is 19.3. The van der Waals surface area contributed by atoms with Crippen molar-refractivity contribution in [1.29, 1.82) is 0 Å². The molecule has 0 heterocycles. The summed E-state index contributed by atoms with van der Waals surface area (Å²) in [5, 5.41) is 3.42. The summed E-state index contributed by atoms with van der Waals surface area (Å²) >= 11 is 0. The summed E-state index contributed by atoms with van der Waals surface area (Å²) in [7, 11) is 0. The van der Waals surface area contributed by atoms with Gasteiger partial charge in [-0.05, 0) is 37.5 Å². The first kappa shape index (κ1) is 14.1. The molecule has 3 nitrogen and oxygen atoms in total. The lowest BCUT2D eigenvalue weighted by molar-refractivity contribution is -0.0514. The number of ether oxygens (including phenoxy) is 2. The zero-order valence-electron chi connectivity index (χ0n) is 11.0. The summed E-state index contributed by atoms with van der Waals surface area (Å²) in [6, 6.07) is 5.67. The van der Waals surface area contributed by atoms with Gasteiger partial charge in [0.1, 0.15) is 0 Å². The smallest absolute Gasteiger partial charge is 0.387 e. The number of benzene rings is 1. The molecule has 1 N–H and O–H groups in total. The summed E-state index contributed by atoms with van der Waals surface area (Å²) < 4.78 is 34.3. The van der Waals surface area contributed by atoms with E-state index in [-0.39, 0.29) is 5.75 Å². The van der Waals surface area contributed by atoms with Crippen LogP contribution < -0.4 is 14.8 Å². The Labute approximate surface area is 111 Å². The average molecular weight is 271 g/mol. The number of rotatable bonds is 7. The van der Waals surface area contributed by atoms with Gasteiger partial charge in [0.2, 0.25) is 0 Å². The van der Waals surface area contributed by atoms with Gasteiger partial charge in [0.25, 0.3) is 0 Å². The van der Waals surface area contributed by atoms with Gasteiger partial charge < -0.3 is 14.8 Å². The Morgan fingerprint density at radius 3 is 2.68 bits per heavy atom. The molecule has 0 saturated heterocycles. The Bertz CT molecular complexity index is 408. The van der Waals surface area contributed by atoms with Gasteiger partial charge in [0, 0.05) is 12.6 Å². The molecule has 5 heteroatoms. The Balaban J connectivity index is 2.01. The van der Waals surface area contributed by atoms with Crippen molar-refractivity contribution in [2.75, 3.05) is 6.61 Å². The number of alkyl halides is 2. The van der Waals surface area contributed by atoms with E-state index < -0.39 is 6.61 Å². The minimum absolute atomic E-state index is 0.0873. The van der Waals surface area contributed by atoms with Crippen LogP contribution in [0.2, 0.25) is 0 Å². The van der Waals surface area contributed by atoms with Crippen LogP contribution >= 0.6 is 0 Å². The van der Waals surface area contributed by atoms with E-state index in [1.54, 1.807) is 12.1 Å². The standard InChI is InChI=1S/C14H19F2NO2/c1-2-18-13-8-10(9-17-11-4-3-5-11)6-7-12(13)19-14(15)16/h6-8,11,14,17H,2-5,9H2,1H3. The SMILES string of the molecule is CCOc1cc(CNC2CCC2)ccc1OC(F)F. The first-order chi connectivity index (χ1) is 9.19. The van der Waals surface area contributed by atoms with Crippen molar-refractivity contribution in [3.63, 3.8) is 0 Å². The highest BCUT2D eigenvalue weighted by Crippen LogP contribution is 2.30. The molecular weight excluding hydrogens is 252 g/mol. The topological polar surface area (TPSA) is 30.5 Å². The maximum atomic E-state index is 12.3. The van der Waals surface area contributed by atoms with E-state index in [0.29, 0.717) is 18.4 Å². The second kappa shape index (κ2) is 6.70. The molecule has 0 aromatic heterocycles. The fraction of sp³-hybridized carbons (Fsp3) is 0.571. The van der Waals surface area contributed by atoms with Crippen molar-refractivity contribution in [3.8, 4) is 11.5 Å². The van der Waals surface area contributed by atoms with Crippen molar-refractivity contribution in [2.24, 2.45) is 0 Å². The molecule has 0 spiro atoms. The summed E-state index contributed by atoms with van der Waals surface area (Å²) in [5.41, 5.74) is 1.01. The lowest BCUT2D eigenvalue weighted by Crippen LogP contribution is -2.34. The Morgan fingerprint density at radius 1 is 1.32 bits per heavy atom. The van der Waals surface area contributed by atoms with Crippen LogP contribution in [0.25, 0.3) is 0 Å². The van der Waals surface area contributed by atoms with Crippen LogP contribution in [0, 0.1) is 0 Å². The van der Waals surface area contributed by atoms with Crippen molar-refractivity contribution < 1.29 is 18.3 Å². The van der Waals surface area contributed by atoms with Gasteiger partial charge in [-0.3, -0.25) is 0 Å². The first-order valence-corrected chi connectivity index (χ1v) is 6.63. The average Bonchev–Trinajstić information content (AvgIpc) is 2.30. The number of hydrogen-bond donors (Lipinski definition) is 1. The van der Waals surface area contributed by atoms with Crippen molar-refractivity contribution in [3.05, 3.63) is 23.8 Å².